The number of carboxylic acid groups (broad SMARTS) is 1. The van der Waals surface area contributed by atoms with Crippen molar-refractivity contribution in [2.45, 2.75) is 6.92 Å². The summed E-state index contributed by atoms with van der Waals surface area (Å²) in [5.41, 5.74) is 7.90. The highest BCUT2D eigenvalue weighted by Gasteiger charge is 2.11. The van der Waals surface area contributed by atoms with Crippen molar-refractivity contribution in [2.75, 3.05) is 11.1 Å². The molecule has 0 heterocycles. The molecule has 0 unspecified atom stereocenters. The number of benzene rings is 2. The zero-order valence-electron chi connectivity index (χ0n) is 11.2. The van der Waals surface area contributed by atoms with Crippen LogP contribution in [0.1, 0.15) is 26.3 Å². The summed E-state index contributed by atoms with van der Waals surface area (Å²) < 4.78 is 0.698. The van der Waals surface area contributed by atoms with Crippen LogP contribution in [0, 0.1) is 6.92 Å². The molecule has 108 valence electrons. The molecule has 2 aromatic carbocycles. The molecule has 0 aliphatic heterocycles. The monoisotopic (exact) mass is 348 g/mol. The number of carboxylic acids is 1. The zero-order chi connectivity index (χ0) is 15.6. The molecule has 2 aromatic rings. The molecule has 4 N–H and O–H groups in total. The van der Waals surface area contributed by atoms with Crippen molar-refractivity contribution < 1.29 is 14.7 Å². The van der Waals surface area contributed by atoms with E-state index in [1.165, 1.54) is 12.1 Å². The van der Waals surface area contributed by atoms with Gasteiger partial charge in [0.2, 0.25) is 0 Å². The third kappa shape index (κ3) is 3.61. The number of nitrogens with two attached hydrogens (primary N) is 1. The number of amides is 1. The lowest BCUT2D eigenvalue weighted by atomic mass is 10.1. The first-order chi connectivity index (χ1) is 9.86. The minimum absolute atomic E-state index is 0.115. The first-order valence-corrected chi connectivity index (χ1v) is 6.87. The standard InChI is InChI=1S/C15H13BrN2O3/c1-8-2-3-9(15(20)21)6-13(8)18-14(19)10-4-11(16)7-12(17)5-10/h2-7H,17H2,1H3,(H,18,19)(H,20,21). The van der Waals surface area contributed by atoms with Gasteiger partial charge in [-0.1, -0.05) is 22.0 Å². The summed E-state index contributed by atoms with van der Waals surface area (Å²) in [6.45, 7) is 1.79. The summed E-state index contributed by atoms with van der Waals surface area (Å²) in [7, 11) is 0. The predicted octanol–water partition coefficient (Wildman–Crippen LogP) is 3.29. The number of anilines is 2. The maximum Gasteiger partial charge on any atom is 0.335 e. The topological polar surface area (TPSA) is 92.4 Å². The molecular formula is C15H13BrN2O3. The maximum absolute atomic E-state index is 12.2. The molecule has 0 radical (unpaired) electrons. The molecule has 21 heavy (non-hydrogen) atoms. The van der Waals surface area contributed by atoms with E-state index in [4.69, 9.17) is 10.8 Å². The van der Waals surface area contributed by atoms with Crippen LogP contribution < -0.4 is 11.1 Å². The predicted molar refractivity (Wildman–Crippen MR) is 84.6 cm³/mol. The van der Waals surface area contributed by atoms with E-state index < -0.39 is 5.97 Å². The van der Waals surface area contributed by atoms with Gasteiger partial charge in [0.05, 0.1) is 5.56 Å². The van der Waals surface area contributed by atoms with Crippen LogP contribution in [-0.2, 0) is 0 Å². The van der Waals surface area contributed by atoms with Gasteiger partial charge in [-0.15, -0.1) is 0 Å². The van der Waals surface area contributed by atoms with E-state index in [1.54, 1.807) is 31.2 Å². The Bertz CT molecular complexity index is 709. The Balaban J connectivity index is 2.31. The van der Waals surface area contributed by atoms with Crippen molar-refractivity contribution in [1.29, 1.82) is 0 Å². The zero-order valence-corrected chi connectivity index (χ0v) is 12.8. The van der Waals surface area contributed by atoms with Crippen LogP contribution in [0.15, 0.2) is 40.9 Å². The van der Waals surface area contributed by atoms with Crippen molar-refractivity contribution >= 4 is 39.2 Å². The fourth-order valence-electron chi connectivity index (χ4n) is 1.83. The SMILES string of the molecule is Cc1ccc(C(=O)O)cc1NC(=O)c1cc(N)cc(Br)c1. The van der Waals surface area contributed by atoms with Gasteiger partial charge in [-0.3, -0.25) is 4.79 Å². The Labute approximate surface area is 129 Å². The first kappa shape index (κ1) is 15.1. The lowest BCUT2D eigenvalue weighted by Gasteiger charge is -2.10. The van der Waals surface area contributed by atoms with Crippen LogP contribution in [0.25, 0.3) is 0 Å². The summed E-state index contributed by atoms with van der Waals surface area (Å²) >= 11 is 3.27. The Morgan fingerprint density at radius 2 is 1.86 bits per heavy atom. The van der Waals surface area contributed by atoms with Gasteiger partial charge < -0.3 is 16.2 Å². The molecule has 2 rings (SSSR count). The van der Waals surface area contributed by atoms with Crippen LogP contribution in [0.3, 0.4) is 0 Å². The Morgan fingerprint density at radius 3 is 2.48 bits per heavy atom. The fraction of sp³-hybridized carbons (Fsp3) is 0.0667. The smallest absolute Gasteiger partial charge is 0.335 e. The highest BCUT2D eigenvalue weighted by atomic mass is 79.9. The fourth-order valence-corrected chi connectivity index (χ4v) is 2.34. The van der Waals surface area contributed by atoms with Crippen LogP contribution in [-0.4, -0.2) is 17.0 Å². The number of nitrogens with one attached hydrogen (secondary N) is 1. The quantitative estimate of drug-likeness (QED) is 0.742. The number of hydrogen-bond donors (Lipinski definition) is 3. The second-order valence-corrected chi connectivity index (χ2v) is 5.48. The van der Waals surface area contributed by atoms with Gasteiger partial charge in [-0.05, 0) is 42.8 Å². The number of aromatic carboxylic acids is 1. The summed E-state index contributed by atoms with van der Waals surface area (Å²) in [5.74, 6) is -1.40. The van der Waals surface area contributed by atoms with Crippen molar-refractivity contribution in [3.05, 3.63) is 57.6 Å². The maximum atomic E-state index is 12.2. The first-order valence-electron chi connectivity index (χ1n) is 6.08. The molecule has 0 saturated heterocycles. The minimum atomic E-state index is -1.04. The molecule has 0 fully saturated rings. The average Bonchev–Trinajstić information content (AvgIpc) is 2.39. The van der Waals surface area contributed by atoms with E-state index in [9.17, 15) is 9.59 Å². The van der Waals surface area contributed by atoms with Crippen molar-refractivity contribution in [2.24, 2.45) is 0 Å². The van der Waals surface area contributed by atoms with Gasteiger partial charge >= 0.3 is 5.97 Å². The molecule has 5 nitrogen and oxygen atoms in total. The van der Waals surface area contributed by atoms with Gasteiger partial charge in [-0.2, -0.15) is 0 Å². The molecular weight excluding hydrogens is 336 g/mol. The Hall–Kier alpha value is -2.34. The number of rotatable bonds is 3. The molecule has 0 spiro atoms. The van der Waals surface area contributed by atoms with Crippen LogP contribution >= 0.6 is 15.9 Å². The van der Waals surface area contributed by atoms with Crippen LogP contribution in [0.2, 0.25) is 0 Å². The summed E-state index contributed by atoms with van der Waals surface area (Å²) in [6, 6.07) is 9.45. The van der Waals surface area contributed by atoms with E-state index in [-0.39, 0.29) is 11.5 Å². The van der Waals surface area contributed by atoms with Crippen LogP contribution in [0.4, 0.5) is 11.4 Å². The van der Waals surface area contributed by atoms with E-state index in [0.717, 1.165) is 5.56 Å². The lowest BCUT2D eigenvalue weighted by Crippen LogP contribution is -2.14. The Kier molecular flexibility index (Phi) is 4.28. The Morgan fingerprint density at radius 1 is 1.14 bits per heavy atom. The minimum Gasteiger partial charge on any atom is -0.478 e. The molecule has 0 saturated carbocycles. The molecule has 0 bridgehead atoms. The number of nitrogen functional groups attached to an aromatic ring is 1. The van der Waals surface area contributed by atoms with Gasteiger partial charge in [0.15, 0.2) is 0 Å². The third-order valence-corrected chi connectivity index (χ3v) is 3.37. The van der Waals surface area contributed by atoms with Crippen molar-refractivity contribution in [1.82, 2.24) is 0 Å². The second kappa shape index (κ2) is 5.97. The number of hydrogen-bond acceptors (Lipinski definition) is 3. The van der Waals surface area contributed by atoms with E-state index >= 15 is 0 Å². The number of halogens is 1. The van der Waals surface area contributed by atoms with E-state index in [2.05, 4.69) is 21.2 Å². The molecule has 0 aliphatic carbocycles. The van der Waals surface area contributed by atoms with E-state index in [0.29, 0.717) is 21.4 Å². The highest BCUT2D eigenvalue weighted by Crippen LogP contribution is 2.21. The largest absolute Gasteiger partial charge is 0.478 e. The van der Waals surface area contributed by atoms with Gasteiger partial charge in [0, 0.05) is 21.4 Å². The molecule has 0 atom stereocenters. The van der Waals surface area contributed by atoms with E-state index in [1.807, 2.05) is 0 Å². The van der Waals surface area contributed by atoms with Gasteiger partial charge in [0.25, 0.3) is 5.91 Å². The molecule has 0 aliphatic rings. The molecule has 0 aromatic heterocycles. The van der Waals surface area contributed by atoms with Crippen molar-refractivity contribution in [3.8, 4) is 0 Å². The number of carbonyl (C=O) groups excluding carboxylic acids is 1. The van der Waals surface area contributed by atoms with Gasteiger partial charge in [-0.25, -0.2) is 4.79 Å². The van der Waals surface area contributed by atoms with Crippen LogP contribution in [0.5, 0.6) is 0 Å². The third-order valence-electron chi connectivity index (χ3n) is 2.92. The lowest BCUT2D eigenvalue weighted by molar-refractivity contribution is 0.0696. The van der Waals surface area contributed by atoms with Crippen molar-refractivity contribution in [3.63, 3.8) is 0 Å². The van der Waals surface area contributed by atoms with Gasteiger partial charge in [0.1, 0.15) is 0 Å². The normalized spacial score (nSPS) is 10.2. The molecule has 6 heteroatoms. The second-order valence-electron chi connectivity index (χ2n) is 4.56. The summed E-state index contributed by atoms with van der Waals surface area (Å²) in [6.07, 6.45) is 0. The average molecular weight is 349 g/mol. The number of carbonyl (C=O) groups is 2. The number of aryl methyl sites for hydroxylation is 1. The summed E-state index contributed by atoms with van der Waals surface area (Å²) in [5, 5.41) is 11.7. The summed E-state index contributed by atoms with van der Waals surface area (Å²) in [4.78, 5) is 23.2. The molecule has 1 amide bonds. The highest BCUT2D eigenvalue weighted by molar-refractivity contribution is 9.10.